The van der Waals surface area contributed by atoms with E-state index in [4.69, 9.17) is 4.74 Å². The van der Waals surface area contributed by atoms with Gasteiger partial charge < -0.3 is 4.74 Å². The molecule has 1 atom stereocenters. The van der Waals surface area contributed by atoms with Crippen molar-refractivity contribution in [1.29, 1.82) is 0 Å². The highest BCUT2D eigenvalue weighted by atomic mass is 79.9. The predicted octanol–water partition coefficient (Wildman–Crippen LogP) is 5.46. The van der Waals surface area contributed by atoms with Crippen LogP contribution in [0.15, 0.2) is 41.8 Å². The zero-order valence-electron chi connectivity index (χ0n) is 9.72. The van der Waals surface area contributed by atoms with Crippen LogP contribution in [0, 0.1) is 0 Å². The highest BCUT2D eigenvalue weighted by Gasteiger charge is 2.14. The summed E-state index contributed by atoms with van der Waals surface area (Å²) in [5.41, 5.74) is 1.25. The number of rotatable bonds is 3. The molecule has 2 aromatic heterocycles. The predicted molar refractivity (Wildman–Crippen MR) is 83.5 cm³/mol. The third kappa shape index (κ3) is 2.20. The Morgan fingerprint density at radius 1 is 1.11 bits per heavy atom. The van der Waals surface area contributed by atoms with Crippen LogP contribution in [0.25, 0.3) is 9.40 Å². The molecule has 4 heteroatoms. The lowest BCUT2D eigenvalue weighted by Crippen LogP contribution is -1.90. The quantitative estimate of drug-likeness (QED) is 0.576. The zero-order chi connectivity index (χ0) is 12.5. The summed E-state index contributed by atoms with van der Waals surface area (Å²) < 4.78 is 7.92. The highest BCUT2D eigenvalue weighted by molar-refractivity contribution is 9.09. The van der Waals surface area contributed by atoms with Crippen LogP contribution in [-0.4, -0.2) is 7.11 Å². The molecule has 0 spiro atoms. The zero-order valence-corrected chi connectivity index (χ0v) is 12.9. The first-order valence-electron chi connectivity index (χ1n) is 5.53. The molecule has 3 rings (SSSR count). The average molecular weight is 339 g/mol. The summed E-state index contributed by atoms with van der Waals surface area (Å²) in [7, 11) is 1.69. The summed E-state index contributed by atoms with van der Waals surface area (Å²) in [5, 5.41) is 2.14. The minimum Gasteiger partial charge on any atom is -0.497 e. The monoisotopic (exact) mass is 338 g/mol. The molecule has 0 saturated carbocycles. The normalized spacial score (nSPS) is 12.8. The molecule has 2 heterocycles. The second-order valence-electron chi connectivity index (χ2n) is 3.93. The van der Waals surface area contributed by atoms with Gasteiger partial charge in [0.2, 0.25) is 0 Å². The van der Waals surface area contributed by atoms with Gasteiger partial charge in [-0.2, -0.15) is 0 Å². The number of fused-ring (bicyclic) bond motifs is 1. The Kier molecular flexibility index (Phi) is 3.41. The van der Waals surface area contributed by atoms with Gasteiger partial charge in [0.05, 0.1) is 11.9 Å². The number of hydrogen-bond donors (Lipinski definition) is 0. The number of halogens is 1. The number of ether oxygens (including phenoxy) is 1. The summed E-state index contributed by atoms with van der Waals surface area (Å²) in [6, 6.07) is 12.7. The molecule has 0 aliphatic heterocycles. The van der Waals surface area contributed by atoms with Gasteiger partial charge in [0.25, 0.3) is 0 Å². The van der Waals surface area contributed by atoms with Crippen LogP contribution in [0.3, 0.4) is 0 Å². The maximum absolute atomic E-state index is 5.18. The number of thiophene rings is 2. The smallest absolute Gasteiger partial charge is 0.118 e. The lowest BCUT2D eigenvalue weighted by molar-refractivity contribution is 0.414. The second-order valence-corrected chi connectivity index (χ2v) is 6.91. The van der Waals surface area contributed by atoms with E-state index in [2.05, 4.69) is 45.6 Å². The fourth-order valence-electron chi connectivity index (χ4n) is 1.85. The molecule has 0 bridgehead atoms. The molecule has 92 valence electrons. The van der Waals surface area contributed by atoms with Gasteiger partial charge in [0.15, 0.2) is 0 Å². The number of benzene rings is 1. The van der Waals surface area contributed by atoms with Crippen molar-refractivity contribution >= 4 is 48.0 Å². The highest BCUT2D eigenvalue weighted by Crippen LogP contribution is 2.40. The summed E-state index contributed by atoms with van der Waals surface area (Å²) >= 11 is 7.42. The summed E-state index contributed by atoms with van der Waals surface area (Å²) in [5.74, 6) is 0.894. The van der Waals surface area contributed by atoms with Gasteiger partial charge in [-0.25, -0.2) is 0 Å². The Morgan fingerprint density at radius 2 is 1.89 bits per heavy atom. The Labute approximate surface area is 122 Å². The average Bonchev–Trinajstić information content (AvgIpc) is 2.99. The Hall–Kier alpha value is -0.840. The molecule has 0 saturated heterocycles. The minimum atomic E-state index is 0.257. The maximum atomic E-state index is 5.18. The molecular formula is C14H11BrOS2. The van der Waals surface area contributed by atoms with Crippen LogP contribution in [0.5, 0.6) is 5.75 Å². The first-order valence-corrected chi connectivity index (χ1v) is 8.14. The largest absolute Gasteiger partial charge is 0.497 e. The van der Waals surface area contributed by atoms with Crippen molar-refractivity contribution in [2.45, 2.75) is 4.83 Å². The molecule has 0 aliphatic rings. The van der Waals surface area contributed by atoms with Crippen molar-refractivity contribution in [1.82, 2.24) is 0 Å². The van der Waals surface area contributed by atoms with Gasteiger partial charge in [0.1, 0.15) is 5.75 Å². The molecule has 18 heavy (non-hydrogen) atoms. The minimum absolute atomic E-state index is 0.257. The lowest BCUT2D eigenvalue weighted by Gasteiger charge is -2.08. The van der Waals surface area contributed by atoms with Crippen molar-refractivity contribution in [3.05, 3.63) is 52.2 Å². The molecule has 1 unspecified atom stereocenters. The second kappa shape index (κ2) is 5.03. The van der Waals surface area contributed by atoms with Crippen LogP contribution < -0.4 is 4.74 Å². The number of methoxy groups -OCH3 is 1. The summed E-state index contributed by atoms with van der Waals surface area (Å²) in [6.07, 6.45) is 0. The topological polar surface area (TPSA) is 9.23 Å². The number of hydrogen-bond acceptors (Lipinski definition) is 3. The van der Waals surface area contributed by atoms with Gasteiger partial charge in [-0.05, 0) is 35.2 Å². The van der Waals surface area contributed by atoms with Crippen LogP contribution in [0.1, 0.15) is 15.3 Å². The SMILES string of the molecule is COc1ccc(C(Br)c2cc3sccc3s2)cc1. The van der Waals surface area contributed by atoms with E-state index in [0.717, 1.165) is 5.75 Å². The van der Waals surface area contributed by atoms with Crippen molar-refractivity contribution in [2.24, 2.45) is 0 Å². The van der Waals surface area contributed by atoms with Gasteiger partial charge in [-0.15, -0.1) is 22.7 Å². The summed E-state index contributed by atoms with van der Waals surface area (Å²) in [4.78, 5) is 1.61. The molecule has 0 N–H and O–H groups in total. The third-order valence-electron chi connectivity index (χ3n) is 2.82. The first kappa shape index (κ1) is 12.2. The molecule has 0 amide bonds. The Morgan fingerprint density at radius 3 is 2.56 bits per heavy atom. The van der Waals surface area contributed by atoms with Crippen LogP contribution in [0.2, 0.25) is 0 Å². The van der Waals surface area contributed by atoms with E-state index in [9.17, 15) is 0 Å². The standard InChI is InChI=1S/C14H11BrOS2/c1-16-10-4-2-9(3-5-10)14(15)13-8-12-11(18-13)6-7-17-12/h2-8,14H,1H3. The fourth-order valence-corrected chi connectivity index (χ4v) is 4.69. The van der Waals surface area contributed by atoms with E-state index in [1.54, 1.807) is 18.4 Å². The van der Waals surface area contributed by atoms with Gasteiger partial charge in [-0.1, -0.05) is 28.1 Å². The van der Waals surface area contributed by atoms with Gasteiger partial charge in [0, 0.05) is 14.3 Å². The fraction of sp³-hybridized carbons (Fsp3) is 0.143. The van der Waals surface area contributed by atoms with E-state index in [1.807, 2.05) is 23.5 Å². The molecule has 0 aliphatic carbocycles. The van der Waals surface area contributed by atoms with Crippen LogP contribution in [-0.2, 0) is 0 Å². The van der Waals surface area contributed by atoms with E-state index in [-0.39, 0.29) is 4.83 Å². The molecule has 0 radical (unpaired) electrons. The van der Waals surface area contributed by atoms with Crippen molar-refractivity contribution in [2.75, 3.05) is 7.11 Å². The molecule has 1 nitrogen and oxygen atoms in total. The van der Waals surface area contributed by atoms with Crippen molar-refractivity contribution in [3.63, 3.8) is 0 Å². The van der Waals surface area contributed by atoms with Crippen molar-refractivity contribution in [3.8, 4) is 5.75 Å². The maximum Gasteiger partial charge on any atom is 0.118 e. The van der Waals surface area contributed by atoms with Gasteiger partial charge in [-0.3, -0.25) is 0 Å². The van der Waals surface area contributed by atoms with Gasteiger partial charge >= 0.3 is 0 Å². The molecule has 0 fully saturated rings. The van der Waals surface area contributed by atoms with Crippen LogP contribution >= 0.6 is 38.6 Å². The Bertz CT molecular complexity index is 625. The molecule has 1 aromatic carbocycles. The van der Waals surface area contributed by atoms with Crippen molar-refractivity contribution < 1.29 is 4.74 Å². The number of alkyl halides is 1. The lowest BCUT2D eigenvalue weighted by atomic mass is 10.1. The third-order valence-corrected chi connectivity index (χ3v) is 6.30. The van der Waals surface area contributed by atoms with E-state index >= 15 is 0 Å². The van der Waals surface area contributed by atoms with Crippen LogP contribution in [0.4, 0.5) is 0 Å². The van der Waals surface area contributed by atoms with E-state index in [0.29, 0.717) is 0 Å². The van der Waals surface area contributed by atoms with E-state index < -0.39 is 0 Å². The molecule has 3 aromatic rings. The molecular weight excluding hydrogens is 328 g/mol. The van der Waals surface area contributed by atoms with E-state index in [1.165, 1.54) is 19.8 Å². The Balaban J connectivity index is 1.92. The first-order chi connectivity index (χ1) is 8.78. The summed E-state index contributed by atoms with van der Waals surface area (Å²) in [6.45, 7) is 0.